The quantitative estimate of drug-likeness (QED) is 0.692. The maximum atomic E-state index is 11.7. The predicted molar refractivity (Wildman–Crippen MR) is 93.3 cm³/mol. The summed E-state index contributed by atoms with van der Waals surface area (Å²) in [5.41, 5.74) is 3.11. The summed E-state index contributed by atoms with van der Waals surface area (Å²) in [5, 5.41) is 0. The van der Waals surface area contributed by atoms with Crippen molar-refractivity contribution in [3.8, 4) is 0 Å². The standard InChI is InChI=1S/C20H32O2/c1-10-17(21)22-20(8,9)16-12-14(18(2,3)4)11-15(13-16)19(5,6)7/h11-13H,10H2,1-9H3. The molecular weight excluding hydrogens is 272 g/mol. The van der Waals surface area contributed by atoms with Crippen LogP contribution in [0.1, 0.15) is 85.4 Å². The fraction of sp³-hybridized carbons (Fsp3) is 0.650. The number of hydrogen-bond acceptors (Lipinski definition) is 2. The molecule has 22 heavy (non-hydrogen) atoms. The fourth-order valence-corrected chi connectivity index (χ4v) is 2.26. The van der Waals surface area contributed by atoms with Crippen LogP contribution in [-0.4, -0.2) is 5.97 Å². The van der Waals surface area contributed by atoms with Gasteiger partial charge in [0.2, 0.25) is 0 Å². The highest BCUT2D eigenvalue weighted by Gasteiger charge is 2.29. The van der Waals surface area contributed by atoms with Gasteiger partial charge in [0.05, 0.1) is 0 Å². The minimum atomic E-state index is -0.617. The van der Waals surface area contributed by atoms with Crippen molar-refractivity contribution in [1.82, 2.24) is 0 Å². The van der Waals surface area contributed by atoms with E-state index in [1.165, 1.54) is 11.1 Å². The second kappa shape index (κ2) is 6.06. The Labute approximate surface area is 136 Å². The van der Waals surface area contributed by atoms with Crippen LogP contribution in [0.25, 0.3) is 0 Å². The van der Waals surface area contributed by atoms with Crippen molar-refractivity contribution in [1.29, 1.82) is 0 Å². The summed E-state index contributed by atoms with van der Waals surface area (Å²) in [6.07, 6.45) is 0.397. The van der Waals surface area contributed by atoms with E-state index in [9.17, 15) is 4.79 Å². The molecule has 2 nitrogen and oxygen atoms in total. The van der Waals surface area contributed by atoms with Gasteiger partial charge in [-0.1, -0.05) is 66.7 Å². The van der Waals surface area contributed by atoms with Crippen LogP contribution in [0.15, 0.2) is 18.2 Å². The third-order valence-corrected chi connectivity index (χ3v) is 4.02. The molecule has 124 valence electrons. The molecule has 0 amide bonds. The second-order valence-electron chi connectivity index (χ2n) is 8.64. The Morgan fingerprint density at radius 3 is 1.50 bits per heavy atom. The van der Waals surface area contributed by atoms with Gasteiger partial charge in [-0.3, -0.25) is 4.79 Å². The van der Waals surface area contributed by atoms with E-state index in [4.69, 9.17) is 4.74 Å². The molecule has 0 saturated heterocycles. The highest BCUT2D eigenvalue weighted by Crippen LogP contribution is 2.35. The lowest BCUT2D eigenvalue weighted by atomic mass is 9.78. The van der Waals surface area contributed by atoms with Gasteiger partial charge in [-0.15, -0.1) is 0 Å². The summed E-state index contributed by atoms with van der Waals surface area (Å²) in [6, 6.07) is 6.64. The van der Waals surface area contributed by atoms with E-state index < -0.39 is 5.60 Å². The lowest BCUT2D eigenvalue weighted by molar-refractivity contribution is -0.157. The normalized spacial score (nSPS) is 13.1. The number of benzene rings is 1. The van der Waals surface area contributed by atoms with E-state index in [-0.39, 0.29) is 16.8 Å². The van der Waals surface area contributed by atoms with E-state index >= 15 is 0 Å². The van der Waals surface area contributed by atoms with E-state index in [1.54, 1.807) is 0 Å². The predicted octanol–water partition coefficient (Wildman–Crippen LogP) is 5.47. The number of hydrogen-bond donors (Lipinski definition) is 0. The monoisotopic (exact) mass is 304 g/mol. The molecule has 1 aromatic rings. The summed E-state index contributed by atoms with van der Waals surface area (Å²) in [4.78, 5) is 11.7. The molecule has 1 rings (SSSR count). The average Bonchev–Trinajstić information content (AvgIpc) is 2.35. The van der Waals surface area contributed by atoms with Crippen LogP contribution in [0, 0.1) is 0 Å². The first kappa shape index (κ1) is 18.7. The van der Waals surface area contributed by atoms with Gasteiger partial charge in [-0.2, -0.15) is 0 Å². The largest absolute Gasteiger partial charge is 0.455 e. The van der Waals surface area contributed by atoms with Crippen molar-refractivity contribution < 1.29 is 9.53 Å². The van der Waals surface area contributed by atoms with Crippen LogP contribution in [0.2, 0.25) is 0 Å². The molecule has 2 heteroatoms. The van der Waals surface area contributed by atoms with Gasteiger partial charge >= 0.3 is 5.97 Å². The van der Waals surface area contributed by atoms with Crippen molar-refractivity contribution in [3.63, 3.8) is 0 Å². The molecular formula is C20H32O2. The minimum Gasteiger partial charge on any atom is -0.455 e. The Morgan fingerprint density at radius 1 is 0.818 bits per heavy atom. The van der Waals surface area contributed by atoms with Crippen LogP contribution in [0.4, 0.5) is 0 Å². The van der Waals surface area contributed by atoms with Crippen molar-refractivity contribution in [2.24, 2.45) is 0 Å². The van der Waals surface area contributed by atoms with Crippen molar-refractivity contribution in [3.05, 3.63) is 34.9 Å². The maximum absolute atomic E-state index is 11.7. The first-order chi connectivity index (χ1) is 9.77. The second-order valence-corrected chi connectivity index (χ2v) is 8.64. The number of carbonyl (C=O) groups is 1. The molecule has 0 saturated carbocycles. The number of rotatable bonds is 3. The Kier molecular flexibility index (Phi) is 5.16. The Bertz CT molecular complexity index is 508. The lowest BCUT2D eigenvalue weighted by Gasteiger charge is -2.31. The number of ether oxygens (including phenoxy) is 1. The summed E-state index contributed by atoms with van der Waals surface area (Å²) in [7, 11) is 0. The van der Waals surface area contributed by atoms with Gasteiger partial charge in [0.1, 0.15) is 5.60 Å². The molecule has 0 heterocycles. The van der Waals surface area contributed by atoms with Crippen LogP contribution in [0.3, 0.4) is 0 Å². The zero-order chi connectivity index (χ0) is 17.3. The molecule has 0 aliphatic heterocycles. The molecule has 0 fully saturated rings. The van der Waals surface area contributed by atoms with E-state index in [1.807, 2.05) is 20.8 Å². The van der Waals surface area contributed by atoms with Crippen LogP contribution in [-0.2, 0) is 26.0 Å². The SMILES string of the molecule is CCC(=O)OC(C)(C)c1cc(C(C)(C)C)cc(C(C)(C)C)c1. The zero-order valence-corrected chi connectivity index (χ0v) is 15.8. The number of esters is 1. The highest BCUT2D eigenvalue weighted by atomic mass is 16.6. The first-order valence-electron chi connectivity index (χ1n) is 8.16. The van der Waals surface area contributed by atoms with E-state index in [2.05, 4.69) is 59.7 Å². The summed E-state index contributed by atoms with van der Waals surface area (Å²) in [5.74, 6) is -0.163. The smallest absolute Gasteiger partial charge is 0.306 e. The van der Waals surface area contributed by atoms with Crippen LogP contribution >= 0.6 is 0 Å². The van der Waals surface area contributed by atoms with Crippen molar-refractivity contribution in [2.45, 2.75) is 85.2 Å². The first-order valence-corrected chi connectivity index (χ1v) is 8.16. The lowest BCUT2D eigenvalue weighted by Crippen LogP contribution is -2.27. The molecule has 0 aliphatic rings. The van der Waals surface area contributed by atoms with Gasteiger partial charge in [0.15, 0.2) is 0 Å². The highest BCUT2D eigenvalue weighted by molar-refractivity contribution is 5.69. The van der Waals surface area contributed by atoms with Crippen molar-refractivity contribution in [2.75, 3.05) is 0 Å². The van der Waals surface area contributed by atoms with Gasteiger partial charge in [0.25, 0.3) is 0 Å². The van der Waals surface area contributed by atoms with Gasteiger partial charge in [0, 0.05) is 6.42 Å². The average molecular weight is 304 g/mol. The molecule has 0 atom stereocenters. The molecule has 0 aliphatic carbocycles. The Hall–Kier alpha value is -1.31. The van der Waals surface area contributed by atoms with Gasteiger partial charge < -0.3 is 4.74 Å². The third kappa shape index (κ3) is 4.59. The molecule has 0 radical (unpaired) electrons. The molecule has 0 bridgehead atoms. The maximum Gasteiger partial charge on any atom is 0.306 e. The Balaban J connectivity index is 3.44. The topological polar surface area (TPSA) is 26.3 Å². The minimum absolute atomic E-state index is 0.0564. The summed E-state index contributed by atoms with van der Waals surface area (Å²) >= 11 is 0. The molecule has 1 aromatic carbocycles. The number of carbonyl (C=O) groups excluding carboxylic acids is 1. The third-order valence-electron chi connectivity index (χ3n) is 4.02. The zero-order valence-electron chi connectivity index (χ0n) is 15.8. The van der Waals surface area contributed by atoms with Gasteiger partial charge in [-0.25, -0.2) is 0 Å². The molecule has 0 N–H and O–H groups in total. The molecule has 0 aromatic heterocycles. The Morgan fingerprint density at radius 2 is 1.18 bits per heavy atom. The fourth-order valence-electron chi connectivity index (χ4n) is 2.26. The van der Waals surface area contributed by atoms with Crippen LogP contribution in [0.5, 0.6) is 0 Å². The van der Waals surface area contributed by atoms with E-state index in [0.717, 1.165) is 5.56 Å². The summed E-state index contributed by atoms with van der Waals surface area (Å²) < 4.78 is 5.67. The molecule has 0 unspecified atom stereocenters. The van der Waals surface area contributed by atoms with Crippen molar-refractivity contribution >= 4 is 5.97 Å². The van der Waals surface area contributed by atoms with E-state index in [0.29, 0.717) is 6.42 Å². The summed E-state index contributed by atoms with van der Waals surface area (Å²) in [6.45, 7) is 19.0. The van der Waals surface area contributed by atoms with Gasteiger partial charge in [-0.05, 0) is 41.4 Å². The van der Waals surface area contributed by atoms with Crippen LogP contribution < -0.4 is 0 Å². The molecule has 0 spiro atoms.